The standard InChI is InChI=1S/C13H24BrNO/c1-11(14)7-10-15(3)12(16)13(2)8-5-4-6-9-13/h11H,4-10H2,1-3H3. The molecule has 0 aromatic heterocycles. The highest BCUT2D eigenvalue weighted by Gasteiger charge is 2.36. The van der Waals surface area contributed by atoms with E-state index in [1.165, 1.54) is 19.3 Å². The number of halogens is 1. The molecule has 0 spiro atoms. The third kappa shape index (κ3) is 3.76. The molecule has 0 aromatic rings. The first kappa shape index (κ1) is 14.0. The Morgan fingerprint density at radius 1 is 1.38 bits per heavy atom. The van der Waals surface area contributed by atoms with Crippen molar-refractivity contribution in [2.75, 3.05) is 13.6 Å². The van der Waals surface area contributed by atoms with Gasteiger partial charge in [-0.15, -0.1) is 0 Å². The number of hydrogen-bond donors (Lipinski definition) is 0. The van der Waals surface area contributed by atoms with E-state index in [4.69, 9.17) is 0 Å². The lowest BCUT2D eigenvalue weighted by atomic mass is 9.74. The van der Waals surface area contributed by atoms with Gasteiger partial charge in [-0.05, 0) is 19.3 Å². The summed E-state index contributed by atoms with van der Waals surface area (Å²) in [5.74, 6) is 0.348. The summed E-state index contributed by atoms with van der Waals surface area (Å²) in [6, 6.07) is 0. The molecule has 0 radical (unpaired) electrons. The summed E-state index contributed by atoms with van der Waals surface area (Å²) in [5, 5.41) is 0. The molecule has 1 fully saturated rings. The highest BCUT2D eigenvalue weighted by Crippen LogP contribution is 2.37. The number of alkyl halides is 1. The number of rotatable bonds is 4. The van der Waals surface area contributed by atoms with Gasteiger partial charge in [0.2, 0.25) is 5.91 Å². The van der Waals surface area contributed by atoms with E-state index >= 15 is 0 Å². The Hall–Kier alpha value is -0.0500. The topological polar surface area (TPSA) is 20.3 Å². The largest absolute Gasteiger partial charge is 0.345 e. The Morgan fingerprint density at radius 2 is 1.94 bits per heavy atom. The van der Waals surface area contributed by atoms with Gasteiger partial charge in [0.1, 0.15) is 0 Å². The van der Waals surface area contributed by atoms with Crippen LogP contribution in [0.1, 0.15) is 52.4 Å². The fourth-order valence-corrected chi connectivity index (χ4v) is 2.68. The van der Waals surface area contributed by atoms with Gasteiger partial charge in [-0.25, -0.2) is 0 Å². The van der Waals surface area contributed by atoms with E-state index in [1.54, 1.807) is 0 Å². The van der Waals surface area contributed by atoms with Crippen molar-refractivity contribution in [2.45, 2.75) is 57.2 Å². The van der Waals surface area contributed by atoms with Crippen molar-refractivity contribution in [3.05, 3.63) is 0 Å². The third-order valence-corrected chi connectivity index (χ3v) is 4.14. The Kier molecular flexibility index (Phi) is 5.29. The normalized spacial score (nSPS) is 21.5. The summed E-state index contributed by atoms with van der Waals surface area (Å²) in [4.78, 5) is 14.8. The van der Waals surface area contributed by atoms with E-state index in [1.807, 2.05) is 11.9 Å². The minimum absolute atomic E-state index is 0.0808. The van der Waals surface area contributed by atoms with Crippen LogP contribution in [0.2, 0.25) is 0 Å². The summed E-state index contributed by atoms with van der Waals surface area (Å²) in [6.45, 7) is 5.13. The minimum Gasteiger partial charge on any atom is -0.345 e. The maximum atomic E-state index is 12.3. The zero-order chi connectivity index (χ0) is 12.2. The lowest BCUT2D eigenvalue weighted by Crippen LogP contribution is -2.42. The second-order valence-electron chi connectivity index (χ2n) is 5.42. The number of amides is 1. The maximum absolute atomic E-state index is 12.3. The summed E-state index contributed by atoms with van der Waals surface area (Å²) < 4.78 is 0. The summed E-state index contributed by atoms with van der Waals surface area (Å²) in [7, 11) is 1.94. The van der Waals surface area contributed by atoms with Crippen molar-refractivity contribution in [3.63, 3.8) is 0 Å². The number of carbonyl (C=O) groups is 1. The van der Waals surface area contributed by atoms with Crippen LogP contribution in [0.4, 0.5) is 0 Å². The Bertz CT molecular complexity index is 234. The fourth-order valence-electron chi connectivity index (χ4n) is 2.48. The molecule has 1 aliphatic carbocycles. The van der Waals surface area contributed by atoms with Gasteiger partial charge in [-0.1, -0.05) is 49.0 Å². The van der Waals surface area contributed by atoms with E-state index in [2.05, 4.69) is 29.8 Å². The van der Waals surface area contributed by atoms with Crippen LogP contribution in [0, 0.1) is 5.41 Å². The number of hydrogen-bond acceptors (Lipinski definition) is 1. The van der Waals surface area contributed by atoms with E-state index < -0.39 is 0 Å². The molecule has 0 aromatic carbocycles. The molecule has 16 heavy (non-hydrogen) atoms. The molecule has 1 unspecified atom stereocenters. The highest BCUT2D eigenvalue weighted by atomic mass is 79.9. The van der Waals surface area contributed by atoms with Crippen LogP contribution in [0.25, 0.3) is 0 Å². The summed E-state index contributed by atoms with van der Waals surface area (Å²) in [6.07, 6.45) is 6.89. The lowest BCUT2D eigenvalue weighted by molar-refractivity contribution is -0.141. The van der Waals surface area contributed by atoms with Gasteiger partial charge in [0.25, 0.3) is 0 Å². The zero-order valence-electron chi connectivity index (χ0n) is 10.8. The van der Waals surface area contributed by atoms with Crippen LogP contribution in [0.15, 0.2) is 0 Å². The molecule has 0 N–H and O–H groups in total. The molecular formula is C13H24BrNO. The van der Waals surface area contributed by atoms with Crippen molar-refractivity contribution in [3.8, 4) is 0 Å². The molecule has 3 heteroatoms. The van der Waals surface area contributed by atoms with Crippen molar-refractivity contribution in [1.29, 1.82) is 0 Å². The van der Waals surface area contributed by atoms with E-state index in [0.29, 0.717) is 10.7 Å². The predicted molar refractivity (Wildman–Crippen MR) is 71.8 cm³/mol. The molecule has 1 rings (SSSR count). The molecule has 0 bridgehead atoms. The van der Waals surface area contributed by atoms with Gasteiger partial charge in [0.05, 0.1) is 0 Å². The van der Waals surface area contributed by atoms with E-state index in [9.17, 15) is 4.79 Å². The quantitative estimate of drug-likeness (QED) is 0.725. The predicted octanol–water partition coefficient (Wildman–Crippen LogP) is 3.59. The average Bonchev–Trinajstić information content (AvgIpc) is 2.25. The van der Waals surface area contributed by atoms with Gasteiger partial charge >= 0.3 is 0 Å². The smallest absolute Gasteiger partial charge is 0.228 e. The highest BCUT2D eigenvalue weighted by molar-refractivity contribution is 9.09. The Labute approximate surface area is 108 Å². The van der Waals surface area contributed by atoms with Gasteiger partial charge in [0, 0.05) is 23.8 Å². The molecule has 2 nitrogen and oxygen atoms in total. The molecule has 0 heterocycles. The monoisotopic (exact) mass is 289 g/mol. The molecule has 1 aliphatic rings. The Morgan fingerprint density at radius 3 is 2.44 bits per heavy atom. The van der Waals surface area contributed by atoms with Crippen LogP contribution in [0.5, 0.6) is 0 Å². The van der Waals surface area contributed by atoms with Gasteiger partial charge < -0.3 is 4.90 Å². The van der Waals surface area contributed by atoms with Crippen molar-refractivity contribution in [2.24, 2.45) is 5.41 Å². The second-order valence-corrected chi connectivity index (χ2v) is 6.98. The summed E-state index contributed by atoms with van der Waals surface area (Å²) >= 11 is 3.52. The third-order valence-electron chi connectivity index (χ3n) is 3.68. The van der Waals surface area contributed by atoms with Crippen molar-refractivity contribution >= 4 is 21.8 Å². The molecule has 0 aliphatic heterocycles. The van der Waals surface area contributed by atoms with Gasteiger partial charge in [-0.3, -0.25) is 4.79 Å². The molecule has 1 saturated carbocycles. The molecule has 0 saturated heterocycles. The van der Waals surface area contributed by atoms with E-state index in [-0.39, 0.29) is 5.41 Å². The van der Waals surface area contributed by atoms with Crippen molar-refractivity contribution < 1.29 is 4.79 Å². The molecule has 1 amide bonds. The van der Waals surface area contributed by atoms with Crippen LogP contribution in [-0.4, -0.2) is 29.2 Å². The molecular weight excluding hydrogens is 266 g/mol. The van der Waals surface area contributed by atoms with Crippen molar-refractivity contribution in [1.82, 2.24) is 4.90 Å². The SMILES string of the molecule is CC(Br)CCN(C)C(=O)C1(C)CCCCC1. The maximum Gasteiger partial charge on any atom is 0.228 e. The number of carbonyl (C=O) groups excluding carboxylic acids is 1. The minimum atomic E-state index is -0.0808. The van der Waals surface area contributed by atoms with Gasteiger partial charge in [-0.2, -0.15) is 0 Å². The zero-order valence-corrected chi connectivity index (χ0v) is 12.3. The fraction of sp³-hybridized carbons (Fsp3) is 0.923. The van der Waals surface area contributed by atoms with Crippen LogP contribution in [-0.2, 0) is 4.79 Å². The molecule has 1 atom stereocenters. The van der Waals surface area contributed by atoms with Gasteiger partial charge in [0.15, 0.2) is 0 Å². The van der Waals surface area contributed by atoms with E-state index in [0.717, 1.165) is 25.8 Å². The average molecular weight is 290 g/mol. The van der Waals surface area contributed by atoms with Crippen LogP contribution in [0.3, 0.4) is 0 Å². The Balaban J connectivity index is 2.48. The number of nitrogens with zero attached hydrogens (tertiary/aromatic N) is 1. The summed E-state index contributed by atoms with van der Waals surface area (Å²) in [5.41, 5.74) is -0.0808. The first-order valence-corrected chi connectivity index (χ1v) is 7.27. The lowest BCUT2D eigenvalue weighted by Gasteiger charge is -2.35. The second kappa shape index (κ2) is 6.04. The first-order valence-electron chi connectivity index (χ1n) is 6.35. The van der Waals surface area contributed by atoms with Crippen LogP contribution < -0.4 is 0 Å². The molecule has 94 valence electrons. The van der Waals surface area contributed by atoms with Crippen LogP contribution >= 0.6 is 15.9 Å². The first-order chi connectivity index (χ1) is 7.46.